The van der Waals surface area contributed by atoms with Gasteiger partial charge in [0.15, 0.2) is 0 Å². The Balaban J connectivity index is 2.10. The Morgan fingerprint density at radius 3 is 2.26 bits per heavy atom. The first-order chi connectivity index (χ1) is 12.6. The van der Waals surface area contributed by atoms with E-state index in [2.05, 4.69) is 10.6 Å². The second-order valence-corrected chi connectivity index (χ2v) is 7.92. The Morgan fingerprint density at radius 1 is 1.04 bits per heavy atom. The number of nitrogens with zero attached hydrogens (tertiary/aromatic N) is 1. The molecule has 2 N–H and O–H groups in total. The molecule has 0 heterocycles. The highest BCUT2D eigenvalue weighted by atomic mass is 32.2. The number of carbonyl (C=O) groups excluding carboxylic acids is 2. The molecule has 0 bridgehead atoms. The molecule has 2 rings (SSSR count). The van der Waals surface area contributed by atoms with Crippen molar-refractivity contribution < 1.29 is 22.4 Å². The number of anilines is 2. The van der Waals surface area contributed by atoms with Gasteiger partial charge in [0.2, 0.25) is 21.8 Å². The normalized spacial score (nSPS) is 11.3. The first-order valence-corrected chi connectivity index (χ1v) is 9.86. The molecule has 0 saturated carbocycles. The van der Waals surface area contributed by atoms with Gasteiger partial charge in [-0.3, -0.25) is 9.59 Å². The molecular weight excluding hydrogens is 373 g/mol. The monoisotopic (exact) mass is 393 g/mol. The largest absolute Gasteiger partial charge is 0.326 e. The van der Waals surface area contributed by atoms with E-state index in [4.69, 9.17) is 0 Å². The van der Waals surface area contributed by atoms with E-state index in [1.165, 1.54) is 25.1 Å². The first kappa shape index (κ1) is 20.5. The standard InChI is InChI=1S/C18H20FN3O4S/c1-13(23)20-15-7-5-8-16(10-15)21-18(24)12-22(27(2,25)26)11-14-6-3-4-9-17(14)19/h3-10H,11-12H2,1-2H3,(H,20,23)(H,21,24). The van der Waals surface area contributed by atoms with E-state index in [0.29, 0.717) is 11.4 Å². The van der Waals surface area contributed by atoms with Crippen molar-refractivity contribution in [2.24, 2.45) is 0 Å². The number of benzene rings is 2. The summed E-state index contributed by atoms with van der Waals surface area (Å²) in [6, 6.07) is 12.2. The fourth-order valence-corrected chi connectivity index (χ4v) is 3.07. The van der Waals surface area contributed by atoms with Gasteiger partial charge in [-0.2, -0.15) is 4.31 Å². The number of carbonyl (C=O) groups is 2. The van der Waals surface area contributed by atoms with Crippen molar-refractivity contribution in [3.05, 3.63) is 59.9 Å². The number of halogens is 1. The highest BCUT2D eigenvalue weighted by Gasteiger charge is 2.22. The Kier molecular flexibility index (Phi) is 6.65. The molecule has 7 nitrogen and oxygen atoms in total. The van der Waals surface area contributed by atoms with Crippen LogP contribution in [0.1, 0.15) is 12.5 Å². The SMILES string of the molecule is CC(=O)Nc1cccc(NC(=O)CN(Cc2ccccc2F)S(C)(=O)=O)c1. The van der Waals surface area contributed by atoms with Gasteiger partial charge in [-0.25, -0.2) is 12.8 Å². The van der Waals surface area contributed by atoms with Crippen molar-refractivity contribution >= 4 is 33.2 Å². The molecule has 2 amide bonds. The molecule has 2 aromatic rings. The van der Waals surface area contributed by atoms with Gasteiger partial charge in [-0.1, -0.05) is 24.3 Å². The van der Waals surface area contributed by atoms with Crippen LogP contribution < -0.4 is 10.6 Å². The number of amides is 2. The minimum Gasteiger partial charge on any atom is -0.326 e. The smallest absolute Gasteiger partial charge is 0.239 e. The van der Waals surface area contributed by atoms with Gasteiger partial charge in [-0.15, -0.1) is 0 Å². The summed E-state index contributed by atoms with van der Waals surface area (Å²) >= 11 is 0. The lowest BCUT2D eigenvalue weighted by atomic mass is 10.2. The Hall–Kier alpha value is -2.78. The Labute approximate surface area is 157 Å². The molecule has 0 aliphatic heterocycles. The van der Waals surface area contributed by atoms with Crippen molar-refractivity contribution in [1.82, 2.24) is 4.31 Å². The Bertz CT molecular complexity index is 947. The van der Waals surface area contributed by atoms with Crippen LogP contribution in [0, 0.1) is 5.82 Å². The predicted octanol–water partition coefficient (Wildman–Crippen LogP) is 2.18. The summed E-state index contributed by atoms with van der Waals surface area (Å²) in [7, 11) is -3.74. The zero-order valence-corrected chi connectivity index (χ0v) is 15.7. The highest BCUT2D eigenvalue weighted by molar-refractivity contribution is 7.88. The maximum absolute atomic E-state index is 13.8. The van der Waals surface area contributed by atoms with E-state index in [9.17, 15) is 22.4 Å². The van der Waals surface area contributed by atoms with E-state index in [1.54, 1.807) is 30.3 Å². The summed E-state index contributed by atoms with van der Waals surface area (Å²) in [6.07, 6.45) is 0.957. The molecular formula is C18H20FN3O4S. The van der Waals surface area contributed by atoms with Crippen molar-refractivity contribution in [3.63, 3.8) is 0 Å². The molecule has 0 fully saturated rings. The zero-order valence-electron chi connectivity index (χ0n) is 14.9. The maximum atomic E-state index is 13.8. The summed E-state index contributed by atoms with van der Waals surface area (Å²) < 4.78 is 38.7. The summed E-state index contributed by atoms with van der Waals surface area (Å²) in [5, 5.41) is 5.15. The fourth-order valence-electron chi connectivity index (χ4n) is 2.35. The summed E-state index contributed by atoms with van der Waals surface area (Å²) in [5.74, 6) is -1.39. The highest BCUT2D eigenvalue weighted by Crippen LogP contribution is 2.16. The van der Waals surface area contributed by atoms with Crippen LogP contribution in [0.4, 0.5) is 15.8 Å². The van der Waals surface area contributed by atoms with E-state index < -0.39 is 28.3 Å². The number of sulfonamides is 1. The molecule has 0 atom stereocenters. The molecule has 0 aliphatic carbocycles. The van der Waals surface area contributed by atoms with Gasteiger partial charge >= 0.3 is 0 Å². The van der Waals surface area contributed by atoms with Crippen molar-refractivity contribution in [1.29, 1.82) is 0 Å². The molecule has 0 spiro atoms. The predicted molar refractivity (Wildman–Crippen MR) is 101 cm³/mol. The topological polar surface area (TPSA) is 95.6 Å². The molecule has 0 aromatic heterocycles. The van der Waals surface area contributed by atoms with Crippen LogP contribution in [-0.4, -0.2) is 37.3 Å². The van der Waals surface area contributed by atoms with Crippen LogP contribution in [-0.2, 0) is 26.2 Å². The van der Waals surface area contributed by atoms with Crippen molar-refractivity contribution in [2.75, 3.05) is 23.4 Å². The second-order valence-electron chi connectivity index (χ2n) is 5.93. The quantitative estimate of drug-likeness (QED) is 0.754. The lowest BCUT2D eigenvalue weighted by Crippen LogP contribution is -2.37. The second kappa shape index (κ2) is 8.74. The number of hydrogen-bond donors (Lipinski definition) is 2. The van der Waals surface area contributed by atoms with E-state index >= 15 is 0 Å². The van der Waals surface area contributed by atoms with E-state index in [0.717, 1.165) is 10.6 Å². The molecule has 27 heavy (non-hydrogen) atoms. The Morgan fingerprint density at radius 2 is 1.67 bits per heavy atom. The third-order valence-corrected chi connectivity index (χ3v) is 4.76. The van der Waals surface area contributed by atoms with Crippen LogP contribution in [0.5, 0.6) is 0 Å². The van der Waals surface area contributed by atoms with Gasteiger partial charge in [0, 0.05) is 30.4 Å². The number of nitrogens with one attached hydrogen (secondary N) is 2. The van der Waals surface area contributed by atoms with Gasteiger partial charge < -0.3 is 10.6 Å². The molecule has 0 radical (unpaired) electrons. The van der Waals surface area contributed by atoms with Crippen LogP contribution in [0.25, 0.3) is 0 Å². The van der Waals surface area contributed by atoms with Crippen LogP contribution in [0.2, 0.25) is 0 Å². The van der Waals surface area contributed by atoms with E-state index in [-0.39, 0.29) is 18.0 Å². The van der Waals surface area contributed by atoms with Crippen molar-refractivity contribution in [2.45, 2.75) is 13.5 Å². The average molecular weight is 393 g/mol. The molecule has 9 heteroatoms. The average Bonchev–Trinajstić information content (AvgIpc) is 2.55. The fraction of sp³-hybridized carbons (Fsp3) is 0.222. The third kappa shape index (κ3) is 6.46. The van der Waals surface area contributed by atoms with Crippen molar-refractivity contribution in [3.8, 4) is 0 Å². The first-order valence-electron chi connectivity index (χ1n) is 8.01. The maximum Gasteiger partial charge on any atom is 0.239 e. The lowest BCUT2D eigenvalue weighted by molar-refractivity contribution is -0.116. The molecule has 2 aromatic carbocycles. The van der Waals surface area contributed by atoms with Gasteiger partial charge in [0.1, 0.15) is 5.82 Å². The minimum absolute atomic E-state index is 0.170. The van der Waals surface area contributed by atoms with Gasteiger partial charge in [0.25, 0.3) is 0 Å². The lowest BCUT2D eigenvalue weighted by Gasteiger charge is -2.20. The third-order valence-electron chi connectivity index (χ3n) is 3.56. The summed E-state index contributed by atoms with van der Waals surface area (Å²) in [5.41, 5.74) is 1.06. The van der Waals surface area contributed by atoms with Gasteiger partial charge in [0.05, 0.1) is 12.8 Å². The molecule has 144 valence electrons. The summed E-state index contributed by atoms with van der Waals surface area (Å²) in [4.78, 5) is 23.4. The summed E-state index contributed by atoms with van der Waals surface area (Å²) in [6.45, 7) is 0.625. The molecule has 0 unspecified atom stereocenters. The van der Waals surface area contributed by atoms with Crippen LogP contribution in [0.15, 0.2) is 48.5 Å². The van der Waals surface area contributed by atoms with Gasteiger partial charge in [-0.05, 0) is 24.3 Å². The number of hydrogen-bond acceptors (Lipinski definition) is 4. The minimum atomic E-state index is -3.74. The molecule has 0 saturated heterocycles. The molecule has 0 aliphatic rings. The van der Waals surface area contributed by atoms with Crippen LogP contribution >= 0.6 is 0 Å². The zero-order chi connectivity index (χ0) is 20.0. The van der Waals surface area contributed by atoms with Crippen LogP contribution in [0.3, 0.4) is 0 Å². The van der Waals surface area contributed by atoms with E-state index in [1.807, 2.05) is 0 Å². The number of rotatable bonds is 7.